The Morgan fingerprint density at radius 3 is 2.27 bits per heavy atom. The van der Waals surface area contributed by atoms with Gasteiger partial charge in [0.15, 0.2) is 12.6 Å². The lowest BCUT2D eigenvalue weighted by atomic mass is 10.1. The van der Waals surface area contributed by atoms with Crippen molar-refractivity contribution in [3.63, 3.8) is 0 Å². The Kier molecular flexibility index (Phi) is 14.2. The van der Waals surface area contributed by atoms with Crippen molar-refractivity contribution in [2.45, 2.75) is 71.1 Å². The van der Waals surface area contributed by atoms with Crippen LogP contribution in [0.2, 0.25) is 0 Å². The second-order valence-electron chi connectivity index (χ2n) is 6.32. The third kappa shape index (κ3) is 13.5. The fourth-order valence-corrected chi connectivity index (χ4v) is 2.42. The van der Waals surface area contributed by atoms with Crippen LogP contribution in [0.4, 0.5) is 0 Å². The van der Waals surface area contributed by atoms with Crippen molar-refractivity contribution in [2.75, 3.05) is 13.4 Å². The van der Waals surface area contributed by atoms with E-state index in [0.29, 0.717) is 18.8 Å². The van der Waals surface area contributed by atoms with Gasteiger partial charge in [0.25, 0.3) is 0 Å². The molecule has 0 aromatic rings. The summed E-state index contributed by atoms with van der Waals surface area (Å²) in [5, 5.41) is 0. The SMILES string of the molecule is CCCCCC=CCC=CCC=CCCCCC(=O)OC1=COCOC1. The number of allylic oxidation sites excluding steroid dienone is 6. The highest BCUT2D eigenvalue weighted by molar-refractivity contribution is 5.70. The molecule has 0 aromatic carbocycles. The third-order valence-electron chi connectivity index (χ3n) is 3.88. The summed E-state index contributed by atoms with van der Waals surface area (Å²) in [7, 11) is 0. The van der Waals surface area contributed by atoms with Crippen LogP contribution >= 0.6 is 0 Å². The van der Waals surface area contributed by atoms with Gasteiger partial charge in [-0.25, -0.2) is 0 Å². The molecule has 1 aliphatic heterocycles. The zero-order valence-corrected chi connectivity index (χ0v) is 16.2. The van der Waals surface area contributed by atoms with E-state index in [0.717, 1.165) is 32.1 Å². The molecule has 0 unspecified atom stereocenters. The van der Waals surface area contributed by atoms with E-state index in [9.17, 15) is 4.79 Å². The third-order valence-corrected chi connectivity index (χ3v) is 3.88. The average Bonchev–Trinajstić information content (AvgIpc) is 2.65. The van der Waals surface area contributed by atoms with Crippen LogP contribution in [-0.4, -0.2) is 19.4 Å². The number of ether oxygens (including phenoxy) is 3. The van der Waals surface area contributed by atoms with Gasteiger partial charge in [0.05, 0.1) is 0 Å². The lowest BCUT2D eigenvalue weighted by Crippen LogP contribution is -2.14. The van der Waals surface area contributed by atoms with E-state index in [1.807, 2.05) is 0 Å². The summed E-state index contributed by atoms with van der Waals surface area (Å²) in [6.45, 7) is 2.75. The minimum atomic E-state index is -0.222. The molecule has 0 saturated heterocycles. The van der Waals surface area contributed by atoms with Gasteiger partial charge in [-0.1, -0.05) is 56.2 Å². The topological polar surface area (TPSA) is 44.8 Å². The number of hydrogen-bond acceptors (Lipinski definition) is 4. The maximum atomic E-state index is 11.6. The highest BCUT2D eigenvalue weighted by atomic mass is 16.7. The van der Waals surface area contributed by atoms with Crippen LogP contribution < -0.4 is 0 Å². The van der Waals surface area contributed by atoms with Crippen molar-refractivity contribution in [3.05, 3.63) is 48.5 Å². The van der Waals surface area contributed by atoms with Gasteiger partial charge in [-0.3, -0.25) is 4.79 Å². The summed E-state index contributed by atoms with van der Waals surface area (Å²) < 4.78 is 15.1. The molecule has 0 spiro atoms. The summed E-state index contributed by atoms with van der Waals surface area (Å²) in [5.41, 5.74) is 0. The first-order valence-electron chi connectivity index (χ1n) is 9.87. The second-order valence-corrected chi connectivity index (χ2v) is 6.32. The van der Waals surface area contributed by atoms with Gasteiger partial charge in [0, 0.05) is 6.42 Å². The highest BCUT2D eigenvalue weighted by Gasteiger charge is 2.10. The van der Waals surface area contributed by atoms with Gasteiger partial charge < -0.3 is 14.2 Å². The molecule has 26 heavy (non-hydrogen) atoms. The van der Waals surface area contributed by atoms with Crippen molar-refractivity contribution in [3.8, 4) is 0 Å². The molecule has 0 fully saturated rings. The van der Waals surface area contributed by atoms with E-state index < -0.39 is 0 Å². The lowest BCUT2D eigenvalue weighted by molar-refractivity contribution is -0.143. The zero-order chi connectivity index (χ0) is 18.7. The first-order valence-corrected chi connectivity index (χ1v) is 9.87. The number of esters is 1. The normalized spacial score (nSPS) is 14.9. The predicted octanol–water partition coefficient (Wildman–Crippen LogP) is 5.96. The molecule has 4 nitrogen and oxygen atoms in total. The fourth-order valence-electron chi connectivity index (χ4n) is 2.42. The number of carbonyl (C=O) groups excluding carboxylic acids is 1. The lowest BCUT2D eigenvalue weighted by Gasteiger charge is -2.13. The van der Waals surface area contributed by atoms with Crippen LogP contribution in [0.25, 0.3) is 0 Å². The molecule has 0 aromatic heterocycles. The second kappa shape index (κ2) is 16.6. The summed E-state index contributed by atoms with van der Waals surface area (Å²) in [4.78, 5) is 11.6. The van der Waals surface area contributed by atoms with Crippen LogP contribution in [0.1, 0.15) is 71.1 Å². The van der Waals surface area contributed by atoms with Gasteiger partial charge in [-0.05, 0) is 44.9 Å². The van der Waals surface area contributed by atoms with E-state index >= 15 is 0 Å². The molecule has 0 amide bonds. The molecule has 1 heterocycles. The summed E-state index contributed by atoms with van der Waals surface area (Å²) in [6, 6.07) is 0. The van der Waals surface area contributed by atoms with Crippen LogP contribution in [-0.2, 0) is 19.0 Å². The first-order chi connectivity index (χ1) is 12.8. The molecule has 0 atom stereocenters. The maximum Gasteiger partial charge on any atom is 0.311 e. The van der Waals surface area contributed by atoms with Crippen molar-refractivity contribution < 1.29 is 19.0 Å². The monoisotopic (exact) mass is 362 g/mol. The Morgan fingerprint density at radius 2 is 1.65 bits per heavy atom. The number of carbonyl (C=O) groups is 1. The summed E-state index contributed by atoms with van der Waals surface area (Å²) in [5.74, 6) is 0.226. The Bertz CT molecular complexity index is 475. The van der Waals surface area contributed by atoms with Gasteiger partial charge >= 0.3 is 5.97 Å². The smallest absolute Gasteiger partial charge is 0.311 e. The molecule has 0 bridgehead atoms. The molecule has 1 aliphatic rings. The zero-order valence-electron chi connectivity index (χ0n) is 16.2. The molecule has 0 N–H and O–H groups in total. The Balaban J connectivity index is 1.91. The van der Waals surface area contributed by atoms with Gasteiger partial charge in [-0.2, -0.15) is 0 Å². The van der Waals surface area contributed by atoms with Crippen molar-refractivity contribution in [2.24, 2.45) is 0 Å². The van der Waals surface area contributed by atoms with Gasteiger partial charge in [0.2, 0.25) is 0 Å². The van der Waals surface area contributed by atoms with Gasteiger partial charge in [0.1, 0.15) is 12.9 Å². The van der Waals surface area contributed by atoms with E-state index in [2.05, 4.69) is 43.4 Å². The maximum absolute atomic E-state index is 11.6. The van der Waals surface area contributed by atoms with Crippen LogP contribution in [0.3, 0.4) is 0 Å². The van der Waals surface area contributed by atoms with Crippen molar-refractivity contribution >= 4 is 5.97 Å². The Hall–Kier alpha value is -1.81. The molecule has 0 saturated carbocycles. The quantitative estimate of drug-likeness (QED) is 0.217. The van der Waals surface area contributed by atoms with Crippen LogP contribution in [0.15, 0.2) is 48.5 Å². The van der Waals surface area contributed by atoms with Crippen molar-refractivity contribution in [1.82, 2.24) is 0 Å². The number of hydrogen-bond donors (Lipinski definition) is 0. The van der Waals surface area contributed by atoms with E-state index in [-0.39, 0.29) is 12.8 Å². The minimum Gasteiger partial charge on any atom is -0.472 e. The molecular formula is C22H34O4. The van der Waals surface area contributed by atoms with E-state index in [1.54, 1.807) is 0 Å². The molecular weight excluding hydrogens is 328 g/mol. The van der Waals surface area contributed by atoms with E-state index in [4.69, 9.17) is 14.2 Å². The Morgan fingerprint density at radius 1 is 1.00 bits per heavy atom. The summed E-state index contributed by atoms with van der Waals surface area (Å²) >= 11 is 0. The van der Waals surface area contributed by atoms with Crippen molar-refractivity contribution in [1.29, 1.82) is 0 Å². The standard InChI is InChI=1S/C22H34O4/c1-2-3-4-5-6-7-8-9-10-11-12-13-14-15-16-17-22(23)26-21-18-24-20-25-19-21/h6-7,9-10,12-13,18H,2-5,8,11,14-17,19-20H2,1H3. The Labute approximate surface area is 158 Å². The number of rotatable bonds is 14. The fraction of sp³-hybridized carbons (Fsp3) is 0.591. The first kappa shape index (κ1) is 22.2. The molecule has 0 aliphatic carbocycles. The van der Waals surface area contributed by atoms with Crippen LogP contribution in [0.5, 0.6) is 0 Å². The van der Waals surface area contributed by atoms with E-state index in [1.165, 1.54) is 31.9 Å². The molecule has 146 valence electrons. The minimum absolute atomic E-state index is 0.221. The van der Waals surface area contributed by atoms with Gasteiger partial charge in [-0.15, -0.1) is 0 Å². The average molecular weight is 363 g/mol. The molecule has 4 heteroatoms. The largest absolute Gasteiger partial charge is 0.472 e. The molecule has 1 rings (SSSR count). The van der Waals surface area contributed by atoms with Crippen LogP contribution in [0, 0.1) is 0 Å². The predicted molar refractivity (Wildman–Crippen MR) is 105 cm³/mol. The summed E-state index contributed by atoms with van der Waals surface area (Å²) in [6.07, 6.45) is 25.1. The molecule has 0 radical (unpaired) electrons. The highest BCUT2D eigenvalue weighted by Crippen LogP contribution is 2.09. The number of unbranched alkanes of at least 4 members (excludes halogenated alkanes) is 5.